The van der Waals surface area contributed by atoms with E-state index in [1.165, 1.54) is 0 Å². The molecular formula is C8H17N3O. The van der Waals surface area contributed by atoms with E-state index in [-0.39, 0.29) is 23.9 Å². The molecule has 0 spiro atoms. The molecule has 70 valence electrons. The lowest BCUT2D eigenvalue weighted by atomic mass is 10.1. The van der Waals surface area contributed by atoms with Crippen LogP contribution in [0.2, 0.25) is 0 Å². The van der Waals surface area contributed by atoms with Crippen molar-refractivity contribution in [1.29, 1.82) is 0 Å². The van der Waals surface area contributed by atoms with Gasteiger partial charge in [-0.25, -0.2) is 0 Å². The molecular weight excluding hydrogens is 154 g/mol. The summed E-state index contributed by atoms with van der Waals surface area (Å²) in [6.07, 6.45) is 0.885. The standard InChI is InChI=1S/C8H17N3O/c1-4(2)7(10)8(12)11-6-3-5(6)9/h4-7H,3,9-10H2,1-2H3,(H,11,12). The number of amides is 1. The van der Waals surface area contributed by atoms with E-state index in [9.17, 15) is 4.79 Å². The van der Waals surface area contributed by atoms with Crippen molar-refractivity contribution in [3.8, 4) is 0 Å². The van der Waals surface area contributed by atoms with Gasteiger partial charge in [0.15, 0.2) is 0 Å². The van der Waals surface area contributed by atoms with E-state index in [4.69, 9.17) is 11.5 Å². The monoisotopic (exact) mass is 171 g/mol. The third-order valence-electron chi connectivity index (χ3n) is 2.19. The minimum absolute atomic E-state index is 0.0806. The van der Waals surface area contributed by atoms with Crippen LogP contribution in [-0.2, 0) is 4.79 Å². The summed E-state index contributed by atoms with van der Waals surface area (Å²) >= 11 is 0. The van der Waals surface area contributed by atoms with E-state index in [1.807, 2.05) is 13.8 Å². The fourth-order valence-electron chi connectivity index (χ4n) is 0.962. The van der Waals surface area contributed by atoms with Crippen LogP contribution in [0.3, 0.4) is 0 Å². The maximum absolute atomic E-state index is 11.3. The number of hydrogen-bond donors (Lipinski definition) is 3. The minimum Gasteiger partial charge on any atom is -0.350 e. The average Bonchev–Trinajstić information content (AvgIpc) is 2.64. The quantitative estimate of drug-likeness (QED) is 0.519. The van der Waals surface area contributed by atoms with Crippen LogP contribution in [0.5, 0.6) is 0 Å². The van der Waals surface area contributed by atoms with Gasteiger partial charge >= 0.3 is 0 Å². The van der Waals surface area contributed by atoms with Crippen LogP contribution < -0.4 is 16.8 Å². The molecule has 0 aromatic rings. The number of hydrogen-bond acceptors (Lipinski definition) is 3. The zero-order chi connectivity index (χ0) is 9.30. The van der Waals surface area contributed by atoms with Crippen LogP contribution in [0.25, 0.3) is 0 Å². The van der Waals surface area contributed by atoms with E-state index in [0.717, 1.165) is 6.42 Å². The van der Waals surface area contributed by atoms with Gasteiger partial charge in [0.25, 0.3) is 0 Å². The highest BCUT2D eigenvalue weighted by Gasteiger charge is 2.35. The third kappa shape index (κ3) is 2.19. The average molecular weight is 171 g/mol. The molecule has 0 radical (unpaired) electrons. The van der Waals surface area contributed by atoms with E-state index < -0.39 is 6.04 Å². The molecule has 0 bridgehead atoms. The summed E-state index contributed by atoms with van der Waals surface area (Å²) in [4.78, 5) is 11.3. The highest BCUT2D eigenvalue weighted by atomic mass is 16.2. The van der Waals surface area contributed by atoms with Gasteiger partial charge in [-0.15, -0.1) is 0 Å². The fraction of sp³-hybridized carbons (Fsp3) is 0.875. The molecule has 1 rings (SSSR count). The Kier molecular flexibility index (Phi) is 2.69. The molecule has 1 aliphatic carbocycles. The largest absolute Gasteiger partial charge is 0.350 e. The van der Waals surface area contributed by atoms with E-state index in [0.29, 0.717) is 0 Å². The first-order valence-corrected chi connectivity index (χ1v) is 4.34. The number of carbonyl (C=O) groups excluding carboxylic acids is 1. The Labute approximate surface area is 72.7 Å². The topological polar surface area (TPSA) is 81.1 Å². The van der Waals surface area contributed by atoms with Gasteiger partial charge in [0.1, 0.15) is 0 Å². The van der Waals surface area contributed by atoms with Crippen LogP contribution in [0.1, 0.15) is 20.3 Å². The van der Waals surface area contributed by atoms with Gasteiger partial charge in [-0.05, 0) is 12.3 Å². The summed E-state index contributed by atoms with van der Waals surface area (Å²) in [6, 6.07) is -0.0894. The molecule has 4 nitrogen and oxygen atoms in total. The van der Waals surface area contributed by atoms with Gasteiger partial charge in [0, 0.05) is 12.1 Å². The Morgan fingerprint density at radius 1 is 1.58 bits per heavy atom. The Hall–Kier alpha value is -0.610. The van der Waals surface area contributed by atoms with Crippen molar-refractivity contribution in [1.82, 2.24) is 5.32 Å². The SMILES string of the molecule is CC(C)C(N)C(=O)NC1CC1N. The van der Waals surface area contributed by atoms with Crippen LogP contribution in [0.4, 0.5) is 0 Å². The number of rotatable bonds is 3. The van der Waals surface area contributed by atoms with E-state index >= 15 is 0 Å². The van der Waals surface area contributed by atoms with Gasteiger partial charge in [0.05, 0.1) is 6.04 Å². The zero-order valence-corrected chi connectivity index (χ0v) is 7.58. The van der Waals surface area contributed by atoms with Gasteiger partial charge < -0.3 is 16.8 Å². The molecule has 0 saturated heterocycles. The van der Waals surface area contributed by atoms with Crippen molar-refractivity contribution >= 4 is 5.91 Å². The van der Waals surface area contributed by atoms with Crippen molar-refractivity contribution in [3.05, 3.63) is 0 Å². The summed E-state index contributed by atoms with van der Waals surface area (Å²) in [5, 5.41) is 2.80. The molecule has 3 atom stereocenters. The van der Waals surface area contributed by atoms with Crippen molar-refractivity contribution in [2.75, 3.05) is 0 Å². The Balaban J connectivity index is 2.28. The normalized spacial score (nSPS) is 30.1. The maximum atomic E-state index is 11.3. The number of nitrogens with one attached hydrogen (secondary N) is 1. The maximum Gasteiger partial charge on any atom is 0.237 e. The highest BCUT2D eigenvalue weighted by Crippen LogP contribution is 2.17. The van der Waals surface area contributed by atoms with Crippen molar-refractivity contribution in [3.63, 3.8) is 0 Å². The lowest BCUT2D eigenvalue weighted by molar-refractivity contribution is -0.123. The second kappa shape index (κ2) is 3.41. The number of carbonyl (C=O) groups is 1. The molecule has 3 unspecified atom stereocenters. The molecule has 4 heteroatoms. The Bertz CT molecular complexity index is 181. The first-order valence-electron chi connectivity index (χ1n) is 4.34. The summed E-state index contributed by atoms with van der Waals surface area (Å²) in [7, 11) is 0. The van der Waals surface area contributed by atoms with E-state index in [1.54, 1.807) is 0 Å². The summed E-state index contributed by atoms with van der Waals surface area (Å²) < 4.78 is 0. The third-order valence-corrected chi connectivity index (χ3v) is 2.19. The van der Waals surface area contributed by atoms with Crippen molar-refractivity contribution in [2.24, 2.45) is 17.4 Å². The Morgan fingerprint density at radius 2 is 2.08 bits per heavy atom. The first-order chi connectivity index (χ1) is 5.52. The molecule has 1 aliphatic rings. The molecule has 0 aliphatic heterocycles. The van der Waals surface area contributed by atoms with Gasteiger partial charge in [-0.1, -0.05) is 13.8 Å². The smallest absolute Gasteiger partial charge is 0.237 e. The second-order valence-electron chi connectivity index (χ2n) is 3.78. The molecule has 12 heavy (non-hydrogen) atoms. The lowest BCUT2D eigenvalue weighted by Gasteiger charge is -2.14. The van der Waals surface area contributed by atoms with Crippen molar-refractivity contribution in [2.45, 2.75) is 38.4 Å². The lowest BCUT2D eigenvalue weighted by Crippen LogP contribution is -2.45. The molecule has 0 aromatic carbocycles. The molecule has 0 heterocycles. The van der Waals surface area contributed by atoms with Gasteiger partial charge in [-0.2, -0.15) is 0 Å². The minimum atomic E-state index is -0.405. The fourth-order valence-corrected chi connectivity index (χ4v) is 0.962. The predicted octanol–water partition coefficient (Wildman–Crippen LogP) is -0.814. The van der Waals surface area contributed by atoms with Gasteiger partial charge in [0.2, 0.25) is 5.91 Å². The van der Waals surface area contributed by atoms with Crippen LogP contribution >= 0.6 is 0 Å². The summed E-state index contributed by atoms with van der Waals surface area (Å²) in [5.41, 5.74) is 11.2. The van der Waals surface area contributed by atoms with Gasteiger partial charge in [-0.3, -0.25) is 4.79 Å². The van der Waals surface area contributed by atoms with Crippen LogP contribution in [0, 0.1) is 5.92 Å². The molecule has 1 saturated carbocycles. The second-order valence-corrected chi connectivity index (χ2v) is 3.78. The molecule has 1 amide bonds. The Morgan fingerprint density at radius 3 is 2.42 bits per heavy atom. The van der Waals surface area contributed by atoms with Crippen LogP contribution in [0.15, 0.2) is 0 Å². The summed E-state index contributed by atoms with van der Waals surface area (Å²) in [6.45, 7) is 3.86. The molecule has 0 aromatic heterocycles. The zero-order valence-electron chi connectivity index (χ0n) is 7.58. The molecule has 5 N–H and O–H groups in total. The molecule has 1 fully saturated rings. The number of nitrogens with two attached hydrogens (primary N) is 2. The first kappa shape index (κ1) is 9.48. The highest BCUT2D eigenvalue weighted by molar-refractivity contribution is 5.82. The van der Waals surface area contributed by atoms with E-state index in [2.05, 4.69) is 5.32 Å². The predicted molar refractivity (Wildman–Crippen MR) is 47.3 cm³/mol. The van der Waals surface area contributed by atoms with Crippen molar-refractivity contribution < 1.29 is 4.79 Å². The van der Waals surface area contributed by atoms with Crippen LogP contribution in [-0.4, -0.2) is 24.0 Å². The summed E-state index contributed by atoms with van der Waals surface area (Å²) in [5.74, 6) is 0.0999.